The van der Waals surface area contributed by atoms with E-state index in [1.165, 1.54) is 17.5 Å². The van der Waals surface area contributed by atoms with Crippen molar-refractivity contribution in [3.8, 4) is 22.2 Å². The Kier molecular flexibility index (Phi) is 1.87. The fraction of sp³-hybridized carbons (Fsp3) is 0. The predicted molar refractivity (Wildman–Crippen MR) is 62.7 cm³/mol. The number of benzene rings is 1. The van der Waals surface area contributed by atoms with Gasteiger partial charge in [-0.1, -0.05) is 12.1 Å². The standard InChI is InChI=1S/C11H8N2O2S/c14-7-5-12-10(15)9(7)11-13-6-3-1-2-4-8(6)16-11/h1-5,12,14-15H. The fourth-order valence-corrected chi connectivity index (χ4v) is 2.61. The van der Waals surface area contributed by atoms with E-state index in [4.69, 9.17) is 0 Å². The lowest BCUT2D eigenvalue weighted by molar-refractivity contribution is 0.455. The summed E-state index contributed by atoms with van der Waals surface area (Å²) in [7, 11) is 0. The van der Waals surface area contributed by atoms with Gasteiger partial charge in [0.05, 0.1) is 10.2 Å². The first-order valence-corrected chi connectivity index (χ1v) is 5.52. The SMILES string of the molecule is Oc1c[nH]c(O)c1-c1nc2ccccc2s1. The number of hydrogen-bond acceptors (Lipinski definition) is 4. The van der Waals surface area contributed by atoms with Crippen molar-refractivity contribution in [3.63, 3.8) is 0 Å². The van der Waals surface area contributed by atoms with E-state index in [1.807, 2.05) is 24.3 Å². The minimum atomic E-state index is -0.0587. The summed E-state index contributed by atoms with van der Waals surface area (Å²) in [6, 6.07) is 7.69. The molecule has 80 valence electrons. The second-order valence-electron chi connectivity index (χ2n) is 3.38. The second-order valence-corrected chi connectivity index (χ2v) is 4.41. The predicted octanol–water partition coefficient (Wildman–Crippen LogP) is 2.70. The van der Waals surface area contributed by atoms with Gasteiger partial charge in [-0.25, -0.2) is 4.98 Å². The summed E-state index contributed by atoms with van der Waals surface area (Å²) >= 11 is 1.43. The molecule has 0 saturated carbocycles. The number of hydrogen-bond donors (Lipinski definition) is 3. The van der Waals surface area contributed by atoms with Crippen LogP contribution in [0, 0.1) is 0 Å². The van der Waals surface area contributed by atoms with Gasteiger partial charge in [0.25, 0.3) is 0 Å². The molecule has 2 aromatic heterocycles. The maximum absolute atomic E-state index is 9.59. The highest BCUT2D eigenvalue weighted by Crippen LogP contribution is 2.40. The van der Waals surface area contributed by atoms with E-state index in [9.17, 15) is 10.2 Å². The Labute approximate surface area is 94.8 Å². The summed E-state index contributed by atoms with van der Waals surface area (Å²) < 4.78 is 1.03. The van der Waals surface area contributed by atoms with Crippen molar-refractivity contribution in [3.05, 3.63) is 30.5 Å². The van der Waals surface area contributed by atoms with E-state index in [1.54, 1.807) is 0 Å². The van der Waals surface area contributed by atoms with E-state index in [0.29, 0.717) is 10.6 Å². The van der Waals surface area contributed by atoms with Crippen molar-refractivity contribution in [2.24, 2.45) is 0 Å². The number of nitrogens with zero attached hydrogens (tertiary/aromatic N) is 1. The van der Waals surface area contributed by atoms with Crippen LogP contribution in [0.25, 0.3) is 20.8 Å². The van der Waals surface area contributed by atoms with Crippen molar-refractivity contribution in [1.82, 2.24) is 9.97 Å². The van der Waals surface area contributed by atoms with Gasteiger partial charge in [0.1, 0.15) is 16.3 Å². The van der Waals surface area contributed by atoms with Crippen molar-refractivity contribution >= 4 is 21.6 Å². The minimum Gasteiger partial charge on any atom is -0.505 e. The number of nitrogens with one attached hydrogen (secondary N) is 1. The summed E-state index contributed by atoms with van der Waals surface area (Å²) in [6.45, 7) is 0. The van der Waals surface area contributed by atoms with Gasteiger partial charge in [0.15, 0.2) is 0 Å². The van der Waals surface area contributed by atoms with Gasteiger partial charge in [-0.15, -0.1) is 11.3 Å². The molecule has 0 saturated heterocycles. The molecule has 0 spiro atoms. The van der Waals surface area contributed by atoms with Crippen LogP contribution in [0.5, 0.6) is 11.6 Å². The average molecular weight is 232 g/mol. The molecule has 0 fully saturated rings. The number of aromatic hydroxyl groups is 2. The summed E-state index contributed by atoms with van der Waals surface area (Å²) in [5, 5.41) is 19.8. The van der Waals surface area contributed by atoms with Crippen LogP contribution in [-0.2, 0) is 0 Å². The summed E-state index contributed by atoms with van der Waals surface area (Å²) in [5.74, 6) is -0.0480. The number of fused-ring (bicyclic) bond motifs is 1. The van der Waals surface area contributed by atoms with Crippen LogP contribution in [0.3, 0.4) is 0 Å². The van der Waals surface area contributed by atoms with E-state index in [2.05, 4.69) is 9.97 Å². The lowest BCUT2D eigenvalue weighted by Gasteiger charge is -1.92. The molecular formula is C11H8N2O2S. The van der Waals surface area contributed by atoms with Crippen LogP contribution >= 0.6 is 11.3 Å². The largest absolute Gasteiger partial charge is 0.505 e. The first-order chi connectivity index (χ1) is 7.75. The molecule has 3 N–H and O–H groups in total. The third-order valence-electron chi connectivity index (χ3n) is 2.35. The maximum atomic E-state index is 9.59. The van der Waals surface area contributed by atoms with Crippen molar-refractivity contribution < 1.29 is 10.2 Å². The zero-order chi connectivity index (χ0) is 11.1. The number of rotatable bonds is 1. The van der Waals surface area contributed by atoms with Crippen molar-refractivity contribution in [2.75, 3.05) is 0 Å². The summed E-state index contributed by atoms with van der Waals surface area (Å²) in [4.78, 5) is 6.91. The molecule has 1 aromatic carbocycles. The number of aromatic nitrogens is 2. The fourth-order valence-electron chi connectivity index (χ4n) is 1.59. The quantitative estimate of drug-likeness (QED) is 0.604. The lowest BCUT2D eigenvalue weighted by Crippen LogP contribution is -1.73. The van der Waals surface area contributed by atoms with Crippen LogP contribution in [0.2, 0.25) is 0 Å². The highest BCUT2D eigenvalue weighted by atomic mass is 32.1. The molecule has 5 heteroatoms. The number of thiazole rings is 1. The van der Waals surface area contributed by atoms with Crippen LogP contribution in [0.1, 0.15) is 0 Å². The Hall–Kier alpha value is -2.01. The molecule has 3 aromatic rings. The molecule has 0 atom stereocenters. The number of aromatic amines is 1. The molecule has 0 aliphatic heterocycles. The lowest BCUT2D eigenvalue weighted by atomic mass is 10.3. The van der Waals surface area contributed by atoms with Crippen molar-refractivity contribution in [2.45, 2.75) is 0 Å². The number of H-pyrrole nitrogens is 1. The third kappa shape index (κ3) is 1.25. The molecule has 4 nitrogen and oxygen atoms in total. The summed E-state index contributed by atoms with van der Waals surface area (Å²) in [6.07, 6.45) is 1.34. The molecule has 0 aliphatic rings. The second kappa shape index (κ2) is 3.24. The van der Waals surface area contributed by atoms with Crippen LogP contribution in [0.4, 0.5) is 0 Å². The molecule has 0 aliphatic carbocycles. The molecule has 0 bridgehead atoms. The zero-order valence-corrected chi connectivity index (χ0v) is 8.95. The maximum Gasteiger partial charge on any atom is 0.202 e. The van der Waals surface area contributed by atoms with Crippen LogP contribution in [-0.4, -0.2) is 20.2 Å². The third-order valence-corrected chi connectivity index (χ3v) is 3.40. The monoisotopic (exact) mass is 232 g/mol. The molecule has 0 amide bonds. The van der Waals surface area contributed by atoms with E-state index >= 15 is 0 Å². The van der Waals surface area contributed by atoms with Crippen molar-refractivity contribution in [1.29, 1.82) is 0 Å². The van der Waals surface area contributed by atoms with E-state index < -0.39 is 0 Å². The Bertz CT molecular complexity index is 604. The molecule has 0 radical (unpaired) electrons. The van der Waals surface area contributed by atoms with Gasteiger partial charge in [-0.3, -0.25) is 0 Å². The van der Waals surface area contributed by atoms with Gasteiger partial charge >= 0.3 is 0 Å². The topological polar surface area (TPSA) is 69.1 Å². The van der Waals surface area contributed by atoms with Crippen LogP contribution in [0.15, 0.2) is 30.5 Å². The normalized spacial score (nSPS) is 11.0. The Morgan fingerprint density at radius 3 is 2.69 bits per heavy atom. The smallest absolute Gasteiger partial charge is 0.202 e. The van der Waals surface area contributed by atoms with Gasteiger partial charge in [-0.05, 0) is 12.1 Å². The molecule has 3 rings (SSSR count). The Morgan fingerprint density at radius 2 is 2.00 bits per heavy atom. The highest BCUT2D eigenvalue weighted by Gasteiger charge is 2.16. The van der Waals surface area contributed by atoms with Crippen LogP contribution < -0.4 is 0 Å². The molecular weight excluding hydrogens is 224 g/mol. The first-order valence-electron chi connectivity index (χ1n) is 4.71. The van der Waals surface area contributed by atoms with Gasteiger partial charge in [0, 0.05) is 6.20 Å². The molecule has 0 unspecified atom stereocenters. The average Bonchev–Trinajstić information content (AvgIpc) is 2.82. The molecule has 16 heavy (non-hydrogen) atoms. The zero-order valence-electron chi connectivity index (χ0n) is 8.14. The van der Waals surface area contributed by atoms with Gasteiger partial charge in [-0.2, -0.15) is 0 Å². The van der Waals surface area contributed by atoms with Gasteiger partial charge in [0.2, 0.25) is 5.88 Å². The Balaban J connectivity index is 2.27. The molecule has 2 heterocycles. The Morgan fingerprint density at radius 1 is 1.19 bits per heavy atom. The van der Waals surface area contributed by atoms with E-state index in [0.717, 1.165) is 10.2 Å². The first kappa shape index (κ1) is 9.23. The minimum absolute atomic E-state index is 0.0107. The number of para-hydroxylation sites is 1. The van der Waals surface area contributed by atoms with Gasteiger partial charge < -0.3 is 15.2 Å². The summed E-state index contributed by atoms with van der Waals surface area (Å²) in [5.41, 5.74) is 1.23. The van der Waals surface area contributed by atoms with E-state index in [-0.39, 0.29) is 11.6 Å². The highest BCUT2D eigenvalue weighted by molar-refractivity contribution is 7.21.